The zero-order valence-electron chi connectivity index (χ0n) is 19.0. The lowest BCUT2D eigenvalue weighted by molar-refractivity contribution is -0.497. The molecule has 0 amide bonds. The summed E-state index contributed by atoms with van der Waals surface area (Å²) >= 11 is 0. The average molecular weight is 401 g/mol. The molecule has 0 aromatic carbocycles. The normalized spacial score (nSPS) is 54.4. The maximum absolute atomic E-state index is 10.4. The van der Waals surface area contributed by atoms with E-state index in [1.807, 2.05) is 0 Å². The fourth-order valence-electron chi connectivity index (χ4n) is 8.54. The zero-order valence-corrected chi connectivity index (χ0v) is 19.0. The molecule has 0 aromatic rings. The number of aliphatic hydroxyl groups is 1. The van der Waals surface area contributed by atoms with Crippen LogP contribution in [0.4, 0.5) is 0 Å². The largest absolute Gasteiger partial charge is 0.393 e. The fraction of sp³-hybridized carbons (Fsp3) is 0.846. The highest BCUT2D eigenvalue weighted by Gasteiger charge is 2.74. The molecule has 2 aliphatic heterocycles. The van der Waals surface area contributed by atoms with Gasteiger partial charge in [-0.05, 0) is 67.8 Å². The SMILES string of the molecule is CC(C)/C=C/C(C)C1CCC2C1(C)CCC1C3(C)CCC(O)C[C@]34C=C[C@]21OO4. The summed E-state index contributed by atoms with van der Waals surface area (Å²) in [6.45, 7) is 11.9. The van der Waals surface area contributed by atoms with Gasteiger partial charge in [0.25, 0.3) is 0 Å². The van der Waals surface area contributed by atoms with Crippen molar-refractivity contribution in [2.24, 2.45) is 40.4 Å². The van der Waals surface area contributed by atoms with Crippen molar-refractivity contribution in [2.45, 2.75) is 96.9 Å². The smallest absolute Gasteiger partial charge is 0.130 e. The Hall–Kier alpha value is -0.640. The van der Waals surface area contributed by atoms with Crippen LogP contribution in [0.25, 0.3) is 0 Å². The van der Waals surface area contributed by atoms with Gasteiger partial charge in [-0.1, -0.05) is 52.8 Å². The second-order valence-electron chi connectivity index (χ2n) is 11.9. The third kappa shape index (κ3) is 2.53. The Bertz CT molecular complexity index is 727. The number of hydrogen-bond acceptors (Lipinski definition) is 3. The molecule has 1 saturated heterocycles. The molecule has 1 N–H and O–H groups in total. The van der Waals surface area contributed by atoms with Crippen molar-refractivity contribution in [2.75, 3.05) is 0 Å². The van der Waals surface area contributed by atoms with E-state index in [1.165, 1.54) is 25.7 Å². The van der Waals surface area contributed by atoms with E-state index in [0.29, 0.717) is 41.4 Å². The van der Waals surface area contributed by atoms with Crippen molar-refractivity contribution in [1.29, 1.82) is 0 Å². The predicted molar refractivity (Wildman–Crippen MR) is 115 cm³/mol. The third-order valence-electron chi connectivity index (χ3n) is 10.1. The lowest BCUT2D eigenvalue weighted by Crippen LogP contribution is -2.73. The van der Waals surface area contributed by atoms with Gasteiger partial charge in [0.1, 0.15) is 11.2 Å². The Morgan fingerprint density at radius 1 is 0.931 bits per heavy atom. The van der Waals surface area contributed by atoms with E-state index in [1.54, 1.807) is 0 Å². The van der Waals surface area contributed by atoms with Crippen molar-refractivity contribution in [3.05, 3.63) is 24.3 Å². The summed E-state index contributed by atoms with van der Waals surface area (Å²) in [6.07, 6.45) is 16.9. The molecule has 2 spiro atoms. The van der Waals surface area contributed by atoms with Crippen LogP contribution in [0.1, 0.15) is 79.6 Å². The molecule has 9 atom stereocenters. The van der Waals surface area contributed by atoms with E-state index in [4.69, 9.17) is 9.78 Å². The van der Waals surface area contributed by atoms with Crippen LogP contribution in [0.2, 0.25) is 0 Å². The van der Waals surface area contributed by atoms with E-state index < -0.39 is 5.60 Å². The standard InChI is InChI=1S/C26H40O3/c1-17(2)6-7-18(3)20-8-9-21-23(20,4)12-11-22-24(5)13-10-19(27)16-25(24)14-15-26(21,22)29-28-25/h6-7,14-15,17-22,27H,8-13,16H2,1-5H3/b7-6+/t18?,19?,20?,21?,22?,23?,24?,25-,26+/m1/s1. The Morgan fingerprint density at radius 2 is 1.72 bits per heavy atom. The molecule has 2 heterocycles. The van der Waals surface area contributed by atoms with Gasteiger partial charge < -0.3 is 5.11 Å². The minimum Gasteiger partial charge on any atom is -0.393 e. The maximum atomic E-state index is 10.4. The first-order valence-electron chi connectivity index (χ1n) is 12.1. The first kappa shape index (κ1) is 20.3. The van der Waals surface area contributed by atoms with E-state index in [2.05, 4.69) is 58.9 Å². The topological polar surface area (TPSA) is 38.7 Å². The van der Waals surface area contributed by atoms with Crippen LogP contribution in [-0.2, 0) is 9.78 Å². The van der Waals surface area contributed by atoms with Gasteiger partial charge in [-0.3, -0.25) is 0 Å². The fourth-order valence-corrected chi connectivity index (χ4v) is 8.54. The maximum Gasteiger partial charge on any atom is 0.130 e. The summed E-state index contributed by atoms with van der Waals surface area (Å²) in [4.78, 5) is 12.7. The Balaban J connectivity index is 1.50. The first-order chi connectivity index (χ1) is 13.7. The van der Waals surface area contributed by atoms with Crippen LogP contribution >= 0.6 is 0 Å². The molecule has 3 heteroatoms. The lowest BCUT2D eigenvalue weighted by Gasteiger charge is -2.69. The van der Waals surface area contributed by atoms with E-state index >= 15 is 0 Å². The second-order valence-corrected chi connectivity index (χ2v) is 11.9. The van der Waals surface area contributed by atoms with Gasteiger partial charge in [0.15, 0.2) is 0 Å². The molecule has 0 aromatic heterocycles. The molecule has 3 nitrogen and oxygen atoms in total. The van der Waals surface area contributed by atoms with Crippen molar-refractivity contribution in [1.82, 2.24) is 0 Å². The molecule has 4 aliphatic carbocycles. The minimum absolute atomic E-state index is 0.0712. The van der Waals surface area contributed by atoms with Gasteiger partial charge in [-0.25, -0.2) is 9.78 Å². The van der Waals surface area contributed by atoms with Crippen molar-refractivity contribution >= 4 is 0 Å². The van der Waals surface area contributed by atoms with Gasteiger partial charge in [-0.15, -0.1) is 0 Å². The summed E-state index contributed by atoms with van der Waals surface area (Å²) in [6, 6.07) is 0. The van der Waals surface area contributed by atoms with E-state index in [-0.39, 0.29) is 17.1 Å². The van der Waals surface area contributed by atoms with Crippen LogP contribution in [0.5, 0.6) is 0 Å². The van der Waals surface area contributed by atoms with Gasteiger partial charge in [-0.2, -0.15) is 0 Å². The molecule has 2 bridgehead atoms. The molecular weight excluding hydrogens is 360 g/mol. The van der Waals surface area contributed by atoms with Crippen LogP contribution in [0, 0.1) is 40.4 Å². The highest BCUT2D eigenvalue weighted by molar-refractivity contribution is 5.33. The summed E-state index contributed by atoms with van der Waals surface area (Å²) in [5.74, 6) is 2.95. The summed E-state index contributed by atoms with van der Waals surface area (Å²) in [5, 5.41) is 10.4. The number of aliphatic hydroxyl groups excluding tert-OH is 1. The number of rotatable bonds is 3. The number of fused-ring (bicyclic) bond motifs is 2. The molecule has 0 radical (unpaired) electrons. The first-order valence-corrected chi connectivity index (χ1v) is 12.1. The van der Waals surface area contributed by atoms with Crippen molar-refractivity contribution < 1.29 is 14.9 Å². The minimum atomic E-state index is -0.434. The van der Waals surface area contributed by atoms with Crippen LogP contribution < -0.4 is 0 Å². The van der Waals surface area contributed by atoms with Gasteiger partial charge in [0, 0.05) is 23.7 Å². The summed E-state index contributed by atoms with van der Waals surface area (Å²) in [7, 11) is 0. The third-order valence-corrected chi connectivity index (χ3v) is 10.1. The zero-order chi connectivity index (χ0) is 20.7. The van der Waals surface area contributed by atoms with E-state index in [0.717, 1.165) is 12.8 Å². The number of hydrogen-bond donors (Lipinski definition) is 1. The van der Waals surface area contributed by atoms with Gasteiger partial charge in [0.05, 0.1) is 6.10 Å². The molecule has 4 fully saturated rings. The Kier molecular flexibility index (Phi) is 4.50. The van der Waals surface area contributed by atoms with Crippen molar-refractivity contribution in [3.8, 4) is 0 Å². The van der Waals surface area contributed by atoms with Crippen molar-refractivity contribution in [3.63, 3.8) is 0 Å². The van der Waals surface area contributed by atoms with Crippen LogP contribution in [-0.4, -0.2) is 22.4 Å². The lowest BCUT2D eigenvalue weighted by atomic mass is 9.43. The second kappa shape index (κ2) is 6.43. The predicted octanol–water partition coefficient (Wildman–Crippen LogP) is 5.84. The van der Waals surface area contributed by atoms with Crippen LogP contribution in [0.3, 0.4) is 0 Å². The highest BCUT2D eigenvalue weighted by atomic mass is 17.2. The quantitative estimate of drug-likeness (QED) is 0.478. The molecule has 6 rings (SSSR count). The molecule has 29 heavy (non-hydrogen) atoms. The monoisotopic (exact) mass is 400 g/mol. The van der Waals surface area contributed by atoms with Crippen LogP contribution in [0.15, 0.2) is 24.3 Å². The Morgan fingerprint density at radius 3 is 2.41 bits per heavy atom. The van der Waals surface area contributed by atoms with Gasteiger partial charge >= 0.3 is 0 Å². The summed E-state index contributed by atoms with van der Waals surface area (Å²) < 4.78 is 0. The molecule has 162 valence electrons. The summed E-state index contributed by atoms with van der Waals surface area (Å²) in [5.41, 5.74) is -0.341. The molecule has 7 unspecified atom stereocenters. The van der Waals surface area contributed by atoms with Gasteiger partial charge in [0.2, 0.25) is 0 Å². The molecular formula is C26H40O3. The molecule has 3 saturated carbocycles. The highest BCUT2D eigenvalue weighted by Crippen LogP contribution is 2.72. The Labute approximate surface area is 176 Å². The average Bonchev–Trinajstić information content (AvgIpc) is 3.04. The molecule has 6 aliphatic rings. The van der Waals surface area contributed by atoms with E-state index in [9.17, 15) is 5.11 Å². The number of allylic oxidation sites excluding steroid dienone is 2.